The minimum Gasteiger partial charge on any atom is -0.549 e. The van der Waals surface area contributed by atoms with Crippen LogP contribution in [0.1, 0.15) is 40.2 Å². The number of carbonyl (C=O) groups excluding carboxylic acids is 2. The molecule has 3 aromatic carbocycles. The molecule has 1 N–H and O–H groups in total. The number of ether oxygens (including phenoxy) is 2. The summed E-state index contributed by atoms with van der Waals surface area (Å²) < 4.78 is 50.6. The van der Waals surface area contributed by atoms with Gasteiger partial charge in [0.05, 0.1) is 17.2 Å². The summed E-state index contributed by atoms with van der Waals surface area (Å²) in [6.45, 7) is 1.15. The Hall–Kier alpha value is -2.92. The SMILES string of the molecule is O=C(NC1CCN(c2cccc(C(F)(F)F)c2)C1)c1ccc(Oc2cc3c(cc2Cl)C(C(=O)[O-])CCO3)cc1.[Na+]. The predicted molar refractivity (Wildman–Crippen MR) is 135 cm³/mol. The summed E-state index contributed by atoms with van der Waals surface area (Å²) in [4.78, 5) is 26.0. The Bertz CT molecular complexity index is 1400. The van der Waals surface area contributed by atoms with Crippen molar-refractivity contribution in [1.29, 1.82) is 0 Å². The predicted octanol–water partition coefficient (Wildman–Crippen LogP) is 1.78. The van der Waals surface area contributed by atoms with Gasteiger partial charge < -0.3 is 29.6 Å². The average Bonchev–Trinajstić information content (AvgIpc) is 3.37. The number of carboxylic acid groups (broad SMARTS) is 1. The molecule has 40 heavy (non-hydrogen) atoms. The van der Waals surface area contributed by atoms with Crippen molar-refractivity contribution in [3.05, 3.63) is 82.4 Å². The number of hydrogen-bond acceptors (Lipinski definition) is 6. The standard InChI is InChI=1S/C28H24ClF3N2O5.Na/c29-23-13-22-21(27(36)37)9-11-38-24(22)14-25(23)39-20-6-4-16(5-7-20)26(35)33-18-8-10-34(15-18)19-3-1-2-17(12-19)28(30,31)32;/h1-7,12-14,18,21H,8-11,15H2,(H,33,35)(H,36,37);/q;+1/p-1. The second-order valence-corrected chi connectivity index (χ2v) is 9.82. The molecular formula is C28H23ClF3N2NaO5. The molecule has 0 saturated carbocycles. The van der Waals surface area contributed by atoms with Crippen LogP contribution in [0, 0.1) is 0 Å². The molecule has 1 amide bonds. The van der Waals surface area contributed by atoms with Gasteiger partial charge in [-0.3, -0.25) is 4.79 Å². The van der Waals surface area contributed by atoms with Crippen LogP contribution in [0.15, 0.2) is 60.7 Å². The molecule has 1 fully saturated rings. The molecule has 2 atom stereocenters. The fourth-order valence-corrected chi connectivity index (χ4v) is 4.98. The normalized spacial score (nSPS) is 18.2. The quantitative estimate of drug-likeness (QED) is 0.446. The fraction of sp³-hybridized carbons (Fsp3) is 0.286. The van der Waals surface area contributed by atoms with Gasteiger partial charge in [0.2, 0.25) is 0 Å². The van der Waals surface area contributed by atoms with E-state index in [9.17, 15) is 27.9 Å². The van der Waals surface area contributed by atoms with Gasteiger partial charge in [-0.05, 0) is 61.4 Å². The maximum Gasteiger partial charge on any atom is 1.00 e. The molecule has 7 nitrogen and oxygen atoms in total. The Morgan fingerprint density at radius 1 is 1.07 bits per heavy atom. The van der Waals surface area contributed by atoms with Crippen molar-refractivity contribution in [2.45, 2.75) is 31.0 Å². The smallest absolute Gasteiger partial charge is 0.549 e. The summed E-state index contributed by atoms with van der Waals surface area (Å²) in [5.41, 5.74) is 0.575. The summed E-state index contributed by atoms with van der Waals surface area (Å²) in [7, 11) is 0. The molecule has 12 heteroatoms. The topological polar surface area (TPSA) is 90.9 Å². The number of carboxylic acids is 1. The van der Waals surface area contributed by atoms with Gasteiger partial charge in [-0.25, -0.2) is 0 Å². The van der Waals surface area contributed by atoms with E-state index in [0.29, 0.717) is 54.2 Å². The van der Waals surface area contributed by atoms with Crippen molar-refractivity contribution in [2.24, 2.45) is 0 Å². The number of alkyl halides is 3. The van der Waals surface area contributed by atoms with Crippen molar-refractivity contribution in [3.63, 3.8) is 0 Å². The Kier molecular flexibility index (Phi) is 9.24. The third-order valence-electron chi connectivity index (χ3n) is 6.79. The largest absolute Gasteiger partial charge is 1.00 e. The van der Waals surface area contributed by atoms with Gasteiger partial charge in [-0.15, -0.1) is 0 Å². The van der Waals surface area contributed by atoms with E-state index in [4.69, 9.17) is 21.1 Å². The van der Waals surface area contributed by atoms with Crippen molar-refractivity contribution in [3.8, 4) is 17.2 Å². The number of carbonyl (C=O) groups is 2. The first-order valence-electron chi connectivity index (χ1n) is 12.3. The number of aliphatic carboxylic acids is 1. The van der Waals surface area contributed by atoms with Crippen LogP contribution in [0.3, 0.4) is 0 Å². The van der Waals surface area contributed by atoms with Crippen LogP contribution in [-0.4, -0.2) is 37.6 Å². The van der Waals surface area contributed by atoms with Crippen LogP contribution in [0.4, 0.5) is 18.9 Å². The van der Waals surface area contributed by atoms with Crippen molar-refractivity contribution >= 4 is 29.2 Å². The van der Waals surface area contributed by atoms with Gasteiger partial charge in [0.15, 0.2) is 0 Å². The number of anilines is 1. The van der Waals surface area contributed by atoms with E-state index in [1.54, 1.807) is 30.3 Å². The minimum absolute atomic E-state index is 0. The van der Waals surface area contributed by atoms with E-state index in [-0.39, 0.29) is 58.9 Å². The van der Waals surface area contributed by atoms with Gasteiger partial charge in [0.1, 0.15) is 17.2 Å². The minimum atomic E-state index is -4.42. The Labute approximate surface area is 255 Å². The second-order valence-electron chi connectivity index (χ2n) is 9.41. The molecule has 0 aromatic heterocycles. The zero-order valence-corrected chi connectivity index (χ0v) is 24.2. The first kappa shape index (κ1) is 30.0. The van der Waals surface area contributed by atoms with E-state index < -0.39 is 23.6 Å². The van der Waals surface area contributed by atoms with E-state index in [2.05, 4.69) is 5.32 Å². The van der Waals surface area contributed by atoms with Gasteiger partial charge >= 0.3 is 35.7 Å². The molecule has 2 aliphatic heterocycles. The van der Waals surface area contributed by atoms with Gasteiger partial charge in [-0.1, -0.05) is 17.7 Å². The summed E-state index contributed by atoms with van der Waals surface area (Å²) >= 11 is 6.33. The number of benzene rings is 3. The molecule has 3 aromatic rings. The van der Waals surface area contributed by atoms with Crippen molar-refractivity contribution in [2.75, 3.05) is 24.6 Å². The number of hydrogen-bond donors (Lipinski definition) is 1. The first-order chi connectivity index (χ1) is 18.6. The average molecular weight is 583 g/mol. The van der Waals surface area contributed by atoms with Crippen LogP contribution in [0.5, 0.6) is 17.2 Å². The van der Waals surface area contributed by atoms with Crippen LogP contribution in [0.2, 0.25) is 5.02 Å². The maximum absolute atomic E-state index is 13.1. The van der Waals surface area contributed by atoms with E-state index in [1.165, 1.54) is 18.2 Å². The Morgan fingerprint density at radius 3 is 2.52 bits per heavy atom. The summed E-state index contributed by atoms with van der Waals surface area (Å²) in [6.07, 6.45) is -3.53. The van der Waals surface area contributed by atoms with E-state index in [1.807, 2.05) is 4.90 Å². The molecule has 5 rings (SSSR count). The summed E-state index contributed by atoms with van der Waals surface area (Å²) in [6, 6.07) is 14.3. The second kappa shape index (κ2) is 12.3. The number of amides is 1. The fourth-order valence-electron chi connectivity index (χ4n) is 4.77. The number of halogens is 4. The molecule has 2 heterocycles. The van der Waals surface area contributed by atoms with Crippen molar-refractivity contribution in [1.82, 2.24) is 5.32 Å². The van der Waals surface area contributed by atoms with E-state index in [0.717, 1.165) is 12.1 Å². The zero-order valence-electron chi connectivity index (χ0n) is 21.5. The number of nitrogens with zero attached hydrogens (tertiary/aromatic N) is 1. The van der Waals surface area contributed by atoms with Crippen molar-refractivity contribution < 1.29 is 66.9 Å². The van der Waals surface area contributed by atoms with Crippen LogP contribution in [0.25, 0.3) is 0 Å². The summed E-state index contributed by atoms with van der Waals surface area (Å²) in [5, 5.41) is 14.6. The molecule has 0 bridgehead atoms. The molecule has 2 unspecified atom stereocenters. The van der Waals surface area contributed by atoms with Gasteiger partial charge in [-0.2, -0.15) is 13.2 Å². The van der Waals surface area contributed by atoms with Crippen LogP contribution < -0.4 is 54.4 Å². The molecule has 0 radical (unpaired) electrons. The van der Waals surface area contributed by atoms with Gasteiger partial charge in [0, 0.05) is 53.9 Å². The van der Waals surface area contributed by atoms with Gasteiger partial charge in [0.25, 0.3) is 5.91 Å². The number of rotatable bonds is 6. The third kappa shape index (κ3) is 6.68. The number of fused-ring (bicyclic) bond motifs is 1. The molecule has 2 aliphatic rings. The molecule has 0 aliphatic carbocycles. The monoisotopic (exact) mass is 582 g/mol. The zero-order chi connectivity index (χ0) is 27.7. The third-order valence-corrected chi connectivity index (χ3v) is 7.09. The van der Waals surface area contributed by atoms with Crippen LogP contribution in [-0.2, 0) is 11.0 Å². The van der Waals surface area contributed by atoms with E-state index >= 15 is 0 Å². The number of nitrogens with one attached hydrogen (secondary N) is 1. The first-order valence-corrected chi connectivity index (χ1v) is 12.6. The van der Waals surface area contributed by atoms with Crippen LogP contribution >= 0.6 is 11.6 Å². The molecule has 0 spiro atoms. The molecule has 204 valence electrons. The summed E-state index contributed by atoms with van der Waals surface area (Å²) in [5.74, 6) is -1.29. The molecule has 1 saturated heterocycles. The Balaban J connectivity index is 0.00000370. The maximum atomic E-state index is 13.1. The Morgan fingerprint density at radius 2 is 1.82 bits per heavy atom. The molecular weight excluding hydrogens is 560 g/mol.